The predicted octanol–water partition coefficient (Wildman–Crippen LogP) is 5.24. The van der Waals surface area contributed by atoms with Crippen LogP contribution in [0.3, 0.4) is 0 Å². The summed E-state index contributed by atoms with van der Waals surface area (Å²) < 4.78 is 0. The van der Waals surface area contributed by atoms with Gasteiger partial charge < -0.3 is 10.6 Å². The largest absolute Gasteiger partial charge is 0.332 e. The summed E-state index contributed by atoms with van der Waals surface area (Å²) in [4.78, 5) is 0. The first kappa shape index (κ1) is 15.5. The van der Waals surface area contributed by atoms with E-state index >= 15 is 0 Å². The predicted molar refractivity (Wildman–Crippen MR) is 96.3 cm³/mol. The fourth-order valence-electron chi connectivity index (χ4n) is 2.15. The Morgan fingerprint density at radius 1 is 1.00 bits per heavy atom. The molecule has 3 heteroatoms. The van der Waals surface area contributed by atoms with Crippen LogP contribution < -0.4 is 10.6 Å². The minimum absolute atomic E-state index is 0.507. The lowest BCUT2D eigenvalue weighted by Crippen LogP contribution is -2.19. The van der Waals surface area contributed by atoms with Gasteiger partial charge >= 0.3 is 0 Å². The Balaban J connectivity index is 2.08. The molecule has 2 aromatic carbocycles. The van der Waals surface area contributed by atoms with Crippen molar-refractivity contribution in [1.29, 1.82) is 0 Å². The van der Waals surface area contributed by atoms with Crippen molar-refractivity contribution >= 4 is 28.7 Å². The lowest BCUT2D eigenvalue weighted by atomic mass is 10.0. The number of hydrogen-bond donors (Lipinski definition) is 2. The molecule has 0 aliphatic rings. The summed E-state index contributed by atoms with van der Waals surface area (Å²) >= 11 is 5.41. The molecule has 2 N–H and O–H groups in total. The molecule has 0 heterocycles. The van der Waals surface area contributed by atoms with Crippen LogP contribution in [-0.2, 0) is 0 Å². The molecule has 21 heavy (non-hydrogen) atoms. The van der Waals surface area contributed by atoms with Crippen molar-refractivity contribution in [2.45, 2.75) is 33.6 Å². The maximum absolute atomic E-state index is 5.41. The fourth-order valence-corrected chi connectivity index (χ4v) is 2.37. The Hall–Kier alpha value is -1.87. The highest BCUT2D eigenvalue weighted by Gasteiger charge is 2.05. The second kappa shape index (κ2) is 6.72. The van der Waals surface area contributed by atoms with Crippen LogP contribution in [0.4, 0.5) is 11.4 Å². The van der Waals surface area contributed by atoms with Crippen molar-refractivity contribution in [2.24, 2.45) is 0 Å². The second-order valence-electron chi connectivity index (χ2n) is 5.61. The fraction of sp³-hybridized carbons (Fsp3) is 0.278. The number of nitrogens with one attached hydrogen (secondary N) is 2. The molecule has 110 valence electrons. The average Bonchev–Trinajstić information content (AvgIpc) is 2.44. The lowest BCUT2D eigenvalue weighted by Gasteiger charge is -2.15. The molecule has 2 nitrogen and oxygen atoms in total. The van der Waals surface area contributed by atoms with Gasteiger partial charge in [-0.1, -0.05) is 38.1 Å². The molecular weight excluding hydrogens is 276 g/mol. The number of benzene rings is 2. The molecule has 0 unspecified atom stereocenters. The highest BCUT2D eigenvalue weighted by atomic mass is 32.1. The van der Waals surface area contributed by atoms with Crippen LogP contribution in [0, 0.1) is 13.8 Å². The molecular formula is C18H22N2S. The Labute approximate surface area is 132 Å². The van der Waals surface area contributed by atoms with Crippen LogP contribution in [0.25, 0.3) is 0 Å². The van der Waals surface area contributed by atoms with Crippen molar-refractivity contribution in [3.8, 4) is 0 Å². The van der Waals surface area contributed by atoms with Gasteiger partial charge in [-0.3, -0.25) is 0 Å². The summed E-state index contributed by atoms with van der Waals surface area (Å²) in [5, 5.41) is 7.14. The number of aryl methyl sites for hydroxylation is 1. The summed E-state index contributed by atoms with van der Waals surface area (Å²) in [6.45, 7) is 8.57. The lowest BCUT2D eigenvalue weighted by molar-refractivity contribution is 0.867. The zero-order valence-electron chi connectivity index (χ0n) is 13.0. The second-order valence-corrected chi connectivity index (χ2v) is 6.02. The molecule has 2 rings (SSSR count). The Morgan fingerprint density at radius 2 is 1.71 bits per heavy atom. The third-order valence-electron chi connectivity index (χ3n) is 3.66. The summed E-state index contributed by atoms with van der Waals surface area (Å²) in [6, 6.07) is 14.5. The van der Waals surface area contributed by atoms with Gasteiger partial charge in [0.05, 0.1) is 0 Å². The van der Waals surface area contributed by atoms with E-state index in [4.69, 9.17) is 12.2 Å². The quantitative estimate of drug-likeness (QED) is 0.758. The standard InChI is InChI=1S/C18H22N2S/c1-12(2)15-8-6-9-16(11-15)19-18(21)20-17-10-5-7-13(3)14(17)4/h5-12H,1-4H3,(H2,19,20,21). The summed E-state index contributed by atoms with van der Waals surface area (Å²) in [7, 11) is 0. The van der Waals surface area contributed by atoms with Crippen molar-refractivity contribution in [2.75, 3.05) is 10.6 Å². The highest BCUT2D eigenvalue weighted by Crippen LogP contribution is 2.20. The topological polar surface area (TPSA) is 24.1 Å². The number of hydrogen-bond acceptors (Lipinski definition) is 1. The van der Waals surface area contributed by atoms with Gasteiger partial charge in [-0.25, -0.2) is 0 Å². The normalized spacial score (nSPS) is 10.5. The van der Waals surface area contributed by atoms with E-state index in [-0.39, 0.29) is 0 Å². The molecule has 0 amide bonds. The molecule has 0 aliphatic carbocycles. The van der Waals surface area contributed by atoms with Crippen molar-refractivity contribution in [3.05, 3.63) is 59.2 Å². The van der Waals surface area contributed by atoms with Crippen LogP contribution in [-0.4, -0.2) is 5.11 Å². The Kier molecular flexibility index (Phi) is 4.97. The van der Waals surface area contributed by atoms with Gasteiger partial charge in [0.2, 0.25) is 0 Å². The van der Waals surface area contributed by atoms with Gasteiger partial charge in [0.15, 0.2) is 5.11 Å². The molecule has 0 saturated carbocycles. The third kappa shape index (κ3) is 4.05. The number of rotatable bonds is 3. The highest BCUT2D eigenvalue weighted by molar-refractivity contribution is 7.80. The van der Waals surface area contributed by atoms with E-state index in [0.717, 1.165) is 11.4 Å². The van der Waals surface area contributed by atoms with Crippen molar-refractivity contribution in [1.82, 2.24) is 0 Å². The molecule has 0 atom stereocenters. The first-order valence-corrected chi connectivity index (χ1v) is 7.62. The SMILES string of the molecule is Cc1cccc(NC(=S)Nc2cccc(C(C)C)c2)c1C. The molecule has 0 bridgehead atoms. The third-order valence-corrected chi connectivity index (χ3v) is 3.87. The van der Waals surface area contributed by atoms with Gasteiger partial charge in [0.1, 0.15) is 0 Å². The molecule has 0 aromatic heterocycles. The van der Waals surface area contributed by atoms with Gasteiger partial charge in [-0.2, -0.15) is 0 Å². The molecule has 0 spiro atoms. The van der Waals surface area contributed by atoms with Crippen molar-refractivity contribution < 1.29 is 0 Å². The average molecular weight is 298 g/mol. The van der Waals surface area contributed by atoms with Crippen LogP contribution >= 0.6 is 12.2 Å². The number of anilines is 2. The van der Waals surface area contributed by atoms with Crippen LogP contribution in [0.2, 0.25) is 0 Å². The monoisotopic (exact) mass is 298 g/mol. The minimum Gasteiger partial charge on any atom is -0.332 e. The van der Waals surface area contributed by atoms with E-state index in [9.17, 15) is 0 Å². The van der Waals surface area contributed by atoms with Crippen LogP contribution in [0.15, 0.2) is 42.5 Å². The van der Waals surface area contributed by atoms with E-state index < -0.39 is 0 Å². The first-order chi connectivity index (χ1) is 9.97. The Morgan fingerprint density at radius 3 is 2.43 bits per heavy atom. The van der Waals surface area contributed by atoms with Gasteiger partial charge in [0, 0.05) is 11.4 Å². The van der Waals surface area contributed by atoms with Gasteiger partial charge in [0.25, 0.3) is 0 Å². The van der Waals surface area contributed by atoms with Crippen molar-refractivity contribution in [3.63, 3.8) is 0 Å². The zero-order valence-corrected chi connectivity index (χ0v) is 13.8. The first-order valence-electron chi connectivity index (χ1n) is 7.21. The van der Waals surface area contributed by atoms with E-state index in [1.54, 1.807) is 0 Å². The molecule has 0 saturated heterocycles. The minimum atomic E-state index is 0.507. The zero-order chi connectivity index (χ0) is 15.4. The van der Waals surface area contributed by atoms with E-state index in [0.29, 0.717) is 11.0 Å². The molecule has 0 fully saturated rings. The molecule has 2 aromatic rings. The van der Waals surface area contributed by atoms with Gasteiger partial charge in [-0.15, -0.1) is 0 Å². The maximum Gasteiger partial charge on any atom is 0.175 e. The molecule has 0 radical (unpaired) electrons. The smallest absolute Gasteiger partial charge is 0.175 e. The summed E-state index contributed by atoms with van der Waals surface area (Å²) in [6.07, 6.45) is 0. The summed E-state index contributed by atoms with van der Waals surface area (Å²) in [5.74, 6) is 0.507. The Bertz CT molecular complexity index is 647. The van der Waals surface area contributed by atoms with E-state index in [1.165, 1.54) is 16.7 Å². The number of thiocarbonyl (C=S) groups is 1. The van der Waals surface area contributed by atoms with E-state index in [1.807, 2.05) is 18.2 Å². The molecule has 0 aliphatic heterocycles. The van der Waals surface area contributed by atoms with E-state index in [2.05, 4.69) is 62.6 Å². The van der Waals surface area contributed by atoms with Crippen LogP contribution in [0.5, 0.6) is 0 Å². The van der Waals surface area contributed by atoms with Crippen LogP contribution in [0.1, 0.15) is 36.5 Å². The summed E-state index contributed by atoms with van der Waals surface area (Å²) in [5.41, 5.74) is 5.84. The maximum atomic E-state index is 5.41. The van der Waals surface area contributed by atoms with Gasteiger partial charge in [-0.05, 0) is 66.9 Å².